The maximum Gasteiger partial charge on any atom is 0.251 e. The van der Waals surface area contributed by atoms with E-state index in [1.165, 1.54) is 0 Å². The van der Waals surface area contributed by atoms with Crippen LogP contribution in [0.25, 0.3) is 0 Å². The van der Waals surface area contributed by atoms with Crippen molar-refractivity contribution < 1.29 is 9.53 Å². The van der Waals surface area contributed by atoms with Crippen LogP contribution >= 0.6 is 15.9 Å². The molecule has 4 nitrogen and oxygen atoms in total. The van der Waals surface area contributed by atoms with Crippen LogP contribution in [0, 0.1) is 0 Å². The van der Waals surface area contributed by atoms with E-state index in [4.69, 9.17) is 10.5 Å². The predicted molar refractivity (Wildman–Crippen MR) is 85.3 cm³/mol. The molecule has 3 N–H and O–H groups in total. The van der Waals surface area contributed by atoms with Crippen molar-refractivity contribution in [3.8, 4) is 5.75 Å². The van der Waals surface area contributed by atoms with E-state index in [-0.39, 0.29) is 11.9 Å². The summed E-state index contributed by atoms with van der Waals surface area (Å²) in [5.74, 6) is 0.727. The summed E-state index contributed by atoms with van der Waals surface area (Å²) in [5, 5.41) is 3.06. The molecule has 2 aromatic carbocycles. The number of fused-ring (bicyclic) bond motifs is 1. The first-order chi connectivity index (χ1) is 10.1. The molecule has 5 heteroatoms. The molecule has 0 saturated heterocycles. The number of rotatable bonds is 2. The molecule has 1 heterocycles. The lowest BCUT2D eigenvalue weighted by atomic mass is 10.00. The van der Waals surface area contributed by atoms with Gasteiger partial charge in [0.05, 0.1) is 12.6 Å². The van der Waals surface area contributed by atoms with E-state index in [9.17, 15) is 4.79 Å². The van der Waals surface area contributed by atoms with Crippen LogP contribution in [0.15, 0.2) is 46.9 Å². The smallest absolute Gasteiger partial charge is 0.251 e. The maximum atomic E-state index is 12.4. The number of nitrogens with two attached hydrogens (primary N) is 1. The van der Waals surface area contributed by atoms with Gasteiger partial charge in [0.15, 0.2) is 0 Å². The van der Waals surface area contributed by atoms with Crippen LogP contribution in [0.1, 0.15) is 28.4 Å². The van der Waals surface area contributed by atoms with Gasteiger partial charge in [0.2, 0.25) is 0 Å². The Morgan fingerprint density at radius 3 is 2.90 bits per heavy atom. The highest BCUT2D eigenvalue weighted by atomic mass is 79.9. The number of para-hydroxylation sites is 1. The summed E-state index contributed by atoms with van der Waals surface area (Å²) in [6, 6.07) is 12.9. The molecule has 1 aliphatic rings. The number of nitrogen functional groups attached to an aromatic ring is 1. The summed E-state index contributed by atoms with van der Waals surface area (Å²) in [6.07, 6.45) is 0.763. The Morgan fingerprint density at radius 1 is 1.29 bits per heavy atom. The Hall–Kier alpha value is -2.01. The summed E-state index contributed by atoms with van der Waals surface area (Å²) in [4.78, 5) is 12.4. The SMILES string of the molecule is Nc1ccc(C(=O)NC2CCOc3ccccc32)cc1Br. The fourth-order valence-corrected chi connectivity index (χ4v) is 2.78. The van der Waals surface area contributed by atoms with Crippen molar-refractivity contribution in [3.05, 3.63) is 58.1 Å². The number of halogens is 1. The van der Waals surface area contributed by atoms with E-state index >= 15 is 0 Å². The van der Waals surface area contributed by atoms with Gasteiger partial charge in [0.1, 0.15) is 5.75 Å². The first kappa shape index (κ1) is 13.9. The Bertz CT molecular complexity index is 688. The molecule has 0 saturated carbocycles. The van der Waals surface area contributed by atoms with Crippen LogP contribution in [0.5, 0.6) is 5.75 Å². The fourth-order valence-electron chi connectivity index (χ4n) is 2.40. The Labute approximate surface area is 131 Å². The normalized spacial score (nSPS) is 16.7. The van der Waals surface area contributed by atoms with Crippen molar-refractivity contribution >= 4 is 27.5 Å². The molecule has 0 spiro atoms. The van der Waals surface area contributed by atoms with Gasteiger partial charge in [0.25, 0.3) is 5.91 Å². The van der Waals surface area contributed by atoms with Gasteiger partial charge in [0, 0.05) is 27.7 Å². The lowest BCUT2D eigenvalue weighted by molar-refractivity contribution is 0.0925. The third kappa shape index (κ3) is 2.88. The summed E-state index contributed by atoms with van der Waals surface area (Å²) in [6.45, 7) is 0.605. The highest BCUT2D eigenvalue weighted by Gasteiger charge is 2.23. The molecule has 21 heavy (non-hydrogen) atoms. The fraction of sp³-hybridized carbons (Fsp3) is 0.188. The number of ether oxygens (including phenoxy) is 1. The molecular formula is C16H15BrN2O2. The lowest BCUT2D eigenvalue weighted by Gasteiger charge is -2.26. The maximum absolute atomic E-state index is 12.4. The average Bonchev–Trinajstić information content (AvgIpc) is 2.50. The van der Waals surface area contributed by atoms with Gasteiger partial charge in [-0.05, 0) is 40.2 Å². The second kappa shape index (κ2) is 5.77. The summed E-state index contributed by atoms with van der Waals surface area (Å²) >= 11 is 3.34. The standard InChI is InChI=1S/C16H15BrN2O2/c17-12-9-10(5-6-13(12)18)16(20)19-14-7-8-21-15-4-2-1-3-11(14)15/h1-6,9,14H,7-8,18H2,(H,19,20). The van der Waals surface area contributed by atoms with Gasteiger partial charge in [-0.25, -0.2) is 0 Å². The van der Waals surface area contributed by atoms with Gasteiger partial charge in [-0.3, -0.25) is 4.79 Å². The number of carbonyl (C=O) groups is 1. The monoisotopic (exact) mass is 346 g/mol. The number of hydrogen-bond acceptors (Lipinski definition) is 3. The Kier molecular flexibility index (Phi) is 3.84. The highest BCUT2D eigenvalue weighted by molar-refractivity contribution is 9.10. The number of carbonyl (C=O) groups excluding carboxylic acids is 1. The molecule has 2 aromatic rings. The number of amides is 1. The summed E-state index contributed by atoms with van der Waals surface area (Å²) in [5.41, 5.74) is 7.96. The molecule has 1 amide bonds. The van der Waals surface area contributed by atoms with Crippen LogP contribution in [0.3, 0.4) is 0 Å². The van der Waals surface area contributed by atoms with Crippen LogP contribution in [0.2, 0.25) is 0 Å². The number of nitrogens with one attached hydrogen (secondary N) is 1. The van der Waals surface area contributed by atoms with Crippen molar-refractivity contribution in [1.29, 1.82) is 0 Å². The van der Waals surface area contributed by atoms with E-state index in [0.717, 1.165) is 22.2 Å². The second-order valence-corrected chi connectivity index (χ2v) is 5.79. The molecular weight excluding hydrogens is 332 g/mol. The number of hydrogen-bond donors (Lipinski definition) is 2. The number of benzene rings is 2. The zero-order chi connectivity index (χ0) is 14.8. The minimum absolute atomic E-state index is 0.0289. The first-order valence-electron chi connectivity index (χ1n) is 6.73. The van der Waals surface area contributed by atoms with Crippen LogP contribution < -0.4 is 15.8 Å². The van der Waals surface area contributed by atoms with E-state index < -0.39 is 0 Å². The largest absolute Gasteiger partial charge is 0.493 e. The molecule has 1 atom stereocenters. The Morgan fingerprint density at radius 2 is 2.10 bits per heavy atom. The molecule has 1 aliphatic heterocycles. The summed E-state index contributed by atoms with van der Waals surface area (Å²) in [7, 11) is 0. The highest BCUT2D eigenvalue weighted by Crippen LogP contribution is 2.31. The lowest BCUT2D eigenvalue weighted by Crippen LogP contribution is -2.32. The van der Waals surface area contributed by atoms with Gasteiger partial charge in [-0.2, -0.15) is 0 Å². The van der Waals surface area contributed by atoms with Crippen molar-refractivity contribution in [3.63, 3.8) is 0 Å². The third-order valence-electron chi connectivity index (χ3n) is 3.53. The van der Waals surface area contributed by atoms with Gasteiger partial charge in [-0.15, -0.1) is 0 Å². The zero-order valence-corrected chi connectivity index (χ0v) is 12.9. The average molecular weight is 347 g/mol. The van der Waals surface area contributed by atoms with Gasteiger partial charge >= 0.3 is 0 Å². The van der Waals surface area contributed by atoms with Gasteiger partial charge < -0.3 is 15.8 Å². The third-order valence-corrected chi connectivity index (χ3v) is 4.21. The van der Waals surface area contributed by atoms with Gasteiger partial charge in [-0.1, -0.05) is 18.2 Å². The van der Waals surface area contributed by atoms with Crippen molar-refractivity contribution in [1.82, 2.24) is 5.32 Å². The van der Waals surface area contributed by atoms with Crippen molar-refractivity contribution in [2.45, 2.75) is 12.5 Å². The van der Waals surface area contributed by atoms with Crippen LogP contribution in [0.4, 0.5) is 5.69 Å². The molecule has 0 radical (unpaired) electrons. The van der Waals surface area contributed by atoms with E-state index in [2.05, 4.69) is 21.2 Å². The quantitative estimate of drug-likeness (QED) is 0.820. The minimum Gasteiger partial charge on any atom is -0.493 e. The molecule has 108 valence electrons. The van der Waals surface area contributed by atoms with E-state index in [1.807, 2.05) is 24.3 Å². The molecule has 3 rings (SSSR count). The molecule has 1 unspecified atom stereocenters. The van der Waals surface area contributed by atoms with Crippen LogP contribution in [-0.4, -0.2) is 12.5 Å². The first-order valence-corrected chi connectivity index (χ1v) is 7.52. The summed E-state index contributed by atoms with van der Waals surface area (Å²) < 4.78 is 6.33. The zero-order valence-electron chi connectivity index (χ0n) is 11.3. The topological polar surface area (TPSA) is 64.4 Å². The molecule has 0 aromatic heterocycles. The minimum atomic E-state index is -0.114. The Balaban J connectivity index is 1.81. The van der Waals surface area contributed by atoms with E-state index in [1.54, 1.807) is 18.2 Å². The van der Waals surface area contributed by atoms with E-state index in [0.29, 0.717) is 17.9 Å². The second-order valence-electron chi connectivity index (χ2n) is 4.94. The molecule has 0 aliphatic carbocycles. The predicted octanol–water partition coefficient (Wildman–Crippen LogP) is 3.28. The van der Waals surface area contributed by atoms with Crippen molar-refractivity contribution in [2.75, 3.05) is 12.3 Å². The molecule has 0 bridgehead atoms. The number of anilines is 1. The molecule has 0 fully saturated rings. The van der Waals surface area contributed by atoms with Crippen LogP contribution in [-0.2, 0) is 0 Å². The van der Waals surface area contributed by atoms with Crippen molar-refractivity contribution in [2.24, 2.45) is 0 Å².